The van der Waals surface area contributed by atoms with Crippen molar-refractivity contribution in [1.82, 2.24) is 0 Å². The van der Waals surface area contributed by atoms with Crippen molar-refractivity contribution in [2.45, 2.75) is 19.3 Å². The highest BCUT2D eigenvalue weighted by atomic mass is 14.9. The Kier molecular flexibility index (Phi) is 3.89. The first-order chi connectivity index (χ1) is 7.92. The summed E-state index contributed by atoms with van der Waals surface area (Å²) < 4.78 is 0. The van der Waals surface area contributed by atoms with E-state index >= 15 is 0 Å². The maximum Gasteiger partial charge on any atom is 0.0863 e. The average molecular weight is 214 g/mol. The molecule has 0 aromatic carbocycles. The van der Waals surface area contributed by atoms with Crippen LogP contribution in [0, 0.1) is 5.92 Å². The summed E-state index contributed by atoms with van der Waals surface area (Å²) in [7, 11) is 0. The van der Waals surface area contributed by atoms with Gasteiger partial charge in [-0.3, -0.25) is 4.99 Å². The highest BCUT2D eigenvalue weighted by Gasteiger charge is 2.16. The van der Waals surface area contributed by atoms with Gasteiger partial charge in [0.15, 0.2) is 0 Å². The zero-order chi connectivity index (χ0) is 11.2. The molecule has 2 N–H and O–H groups in total. The highest BCUT2D eigenvalue weighted by molar-refractivity contribution is 6.05. The topological polar surface area (TPSA) is 38.4 Å². The summed E-state index contributed by atoms with van der Waals surface area (Å²) in [4.78, 5) is 4.46. The van der Waals surface area contributed by atoms with Crippen LogP contribution in [0.2, 0.25) is 0 Å². The minimum Gasteiger partial charge on any atom is -0.312 e. The van der Waals surface area contributed by atoms with Crippen LogP contribution < -0.4 is 5.73 Å². The fourth-order valence-corrected chi connectivity index (χ4v) is 2.11. The molecule has 1 atom stereocenters. The zero-order valence-corrected chi connectivity index (χ0v) is 9.47. The van der Waals surface area contributed by atoms with Crippen LogP contribution in [-0.4, -0.2) is 12.4 Å². The molecule has 2 nitrogen and oxygen atoms in total. The third-order valence-corrected chi connectivity index (χ3v) is 2.88. The molecule has 0 saturated heterocycles. The molecule has 16 heavy (non-hydrogen) atoms. The van der Waals surface area contributed by atoms with Crippen molar-refractivity contribution in [3.8, 4) is 0 Å². The van der Waals surface area contributed by atoms with Crippen molar-refractivity contribution in [3.63, 3.8) is 0 Å². The molecule has 0 aliphatic heterocycles. The predicted octanol–water partition coefficient (Wildman–Crippen LogP) is 2.75. The maximum atomic E-state index is 5.56. The van der Waals surface area contributed by atoms with Gasteiger partial charge in [0.2, 0.25) is 0 Å². The van der Waals surface area contributed by atoms with Crippen LogP contribution in [0.4, 0.5) is 0 Å². The summed E-state index contributed by atoms with van der Waals surface area (Å²) in [5.74, 6) is 0.391. The van der Waals surface area contributed by atoms with Gasteiger partial charge in [0.1, 0.15) is 0 Å². The Labute approximate surface area is 96.9 Å². The van der Waals surface area contributed by atoms with Gasteiger partial charge in [-0.25, -0.2) is 0 Å². The fourth-order valence-electron chi connectivity index (χ4n) is 2.11. The molecular formula is C14H18N2. The second kappa shape index (κ2) is 5.61. The molecule has 0 bridgehead atoms. The number of hydrogen-bond acceptors (Lipinski definition) is 2. The molecule has 0 aromatic heterocycles. The van der Waals surface area contributed by atoms with Crippen molar-refractivity contribution in [3.05, 3.63) is 48.1 Å². The molecule has 84 valence electrons. The molecule has 0 fully saturated rings. The lowest BCUT2D eigenvalue weighted by atomic mass is 9.88. The first-order valence-corrected chi connectivity index (χ1v) is 5.86. The molecule has 0 aromatic rings. The third kappa shape index (κ3) is 2.58. The Balaban J connectivity index is 2.20. The minimum absolute atomic E-state index is 0.370. The Bertz CT molecular complexity index is 384. The lowest BCUT2D eigenvalue weighted by Crippen LogP contribution is -2.17. The van der Waals surface area contributed by atoms with E-state index in [0.29, 0.717) is 12.6 Å². The Morgan fingerprint density at radius 2 is 2.25 bits per heavy atom. The number of rotatable bonds is 3. The number of nitrogens with zero attached hydrogens (tertiary/aromatic N) is 1. The Morgan fingerprint density at radius 1 is 1.31 bits per heavy atom. The SMILES string of the molecule is NCN=C(C1=CCCC=C1)C1C=CC=CC1. The fraction of sp³-hybridized carbons (Fsp3) is 0.357. The van der Waals surface area contributed by atoms with Crippen molar-refractivity contribution in [1.29, 1.82) is 0 Å². The average Bonchev–Trinajstić information content (AvgIpc) is 2.38. The van der Waals surface area contributed by atoms with Crippen molar-refractivity contribution in [2.24, 2.45) is 16.6 Å². The Morgan fingerprint density at radius 3 is 2.88 bits per heavy atom. The smallest absolute Gasteiger partial charge is 0.0863 e. The van der Waals surface area contributed by atoms with Crippen LogP contribution in [0.25, 0.3) is 0 Å². The summed E-state index contributed by atoms with van der Waals surface area (Å²) in [6.07, 6.45) is 18.5. The number of allylic oxidation sites excluding steroid dienone is 8. The van der Waals surface area contributed by atoms with Gasteiger partial charge < -0.3 is 5.73 Å². The van der Waals surface area contributed by atoms with Gasteiger partial charge in [0, 0.05) is 5.92 Å². The van der Waals surface area contributed by atoms with E-state index in [9.17, 15) is 0 Å². The van der Waals surface area contributed by atoms with Gasteiger partial charge >= 0.3 is 0 Å². The van der Waals surface area contributed by atoms with E-state index in [0.717, 1.165) is 25.0 Å². The molecule has 2 aliphatic rings. The van der Waals surface area contributed by atoms with Gasteiger partial charge in [0.25, 0.3) is 0 Å². The van der Waals surface area contributed by atoms with Gasteiger partial charge in [-0.05, 0) is 24.8 Å². The lowest BCUT2D eigenvalue weighted by Gasteiger charge is -2.18. The van der Waals surface area contributed by atoms with Gasteiger partial charge in [0.05, 0.1) is 12.4 Å². The van der Waals surface area contributed by atoms with E-state index in [2.05, 4.69) is 47.5 Å². The largest absolute Gasteiger partial charge is 0.312 e. The molecule has 2 aliphatic carbocycles. The number of hydrogen-bond donors (Lipinski definition) is 1. The van der Waals surface area contributed by atoms with Gasteiger partial charge in [-0.1, -0.05) is 42.5 Å². The van der Waals surface area contributed by atoms with Crippen LogP contribution in [0.1, 0.15) is 19.3 Å². The summed E-state index contributed by atoms with van der Waals surface area (Å²) in [6, 6.07) is 0. The van der Waals surface area contributed by atoms with Crippen molar-refractivity contribution < 1.29 is 0 Å². The summed E-state index contributed by atoms with van der Waals surface area (Å²) in [6.45, 7) is 0.370. The Hall–Kier alpha value is -1.41. The first kappa shape index (κ1) is 11.1. The van der Waals surface area contributed by atoms with Crippen LogP contribution in [-0.2, 0) is 0 Å². The van der Waals surface area contributed by atoms with Crippen molar-refractivity contribution >= 4 is 5.71 Å². The molecule has 0 saturated carbocycles. The minimum atomic E-state index is 0.370. The monoisotopic (exact) mass is 214 g/mol. The standard InChI is InChI=1S/C14H18N2/c15-11-16-14(12-7-3-1-4-8-12)13-9-5-2-6-10-13/h1,3-5,7,9-10,12H,2,6,8,11,15H2. The summed E-state index contributed by atoms with van der Waals surface area (Å²) in [5.41, 5.74) is 7.95. The highest BCUT2D eigenvalue weighted by Crippen LogP contribution is 2.22. The number of aliphatic imine (C=N–C) groups is 1. The lowest BCUT2D eigenvalue weighted by molar-refractivity contribution is 0.853. The summed E-state index contributed by atoms with van der Waals surface area (Å²) >= 11 is 0. The number of nitrogens with two attached hydrogens (primary N) is 1. The van der Waals surface area contributed by atoms with E-state index in [4.69, 9.17) is 5.73 Å². The van der Waals surface area contributed by atoms with Crippen LogP contribution >= 0.6 is 0 Å². The predicted molar refractivity (Wildman–Crippen MR) is 69.3 cm³/mol. The van der Waals surface area contributed by atoms with Crippen molar-refractivity contribution in [2.75, 3.05) is 6.67 Å². The molecule has 2 heteroatoms. The molecule has 2 rings (SSSR count). The zero-order valence-electron chi connectivity index (χ0n) is 9.47. The van der Waals surface area contributed by atoms with Crippen LogP contribution in [0.5, 0.6) is 0 Å². The van der Waals surface area contributed by atoms with E-state index in [1.165, 1.54) is 5.57 Å². The van der Waals surface area contributed by atoms with Crippen LogP contribution in [0.3, 0.4) is 0 Å². The second-order valence-electron chi connectivity index (χ2n) is 4.02. The maximum absolute atomic E-state index is 5.56. The first-order valence-electron chi connectivity index (χ1n) is 5.86. The van der Waals surface area contributed by atoms with E-state index in [1.54, 1.807) is 0 Å². The molecule has 0 amide bonds. The van der Waals surface area contributed by atoms with Gasteiger partial charge in [-0.2, -0.15) is 0 Å². The van der Waals surface area contributed by atoms with Crippen LogP contribution in [0.15, 0.2) is 53.1 Å². The molecule has 0 spiro atoms. The molecule has 1 unspecified atom stereocenters. The van der Waals surface area contributed by atoms with E-state index in [1.807, 2.05) is 0 Å². The van der Waals surface area contributed by atoms with E-state index < -0.39 is 0 Å². The van der Waals surface area contributed by atoms with Gasteiger partial charge in [-0.15, -0.1) is 0 Å². The summed E-state index contributed by atoms with van der Waals surface area (Å²) in [5, 5.41) is 0. The quantitative estimate of drug-likeness (QED) is 0.721. The van der Waals surface area contributed by atoms with E-state index in [-0.39, 0.29) is 0 Å². The molecular weight excluding hydrogens is 196 g/mol. The normalized spacial score (nSPS) is 24.7. The second-order valence-corrected chi connectivity index (χ2v) is 4.02. The third-order valence-electron chi connectivity index (χ3n) is 2.88. The molecule has 0 radical (unpaired) electrons. The molecule has 0 heterocycles.